The molecule has 7 heteroatoms. The van der Waals surface area contributed by atoms with Gasteiger partial charge in [0, 0.05) is 24.2 Å². The molecule has 1 saturated heterocycles. The van der Waals surface area contributed by atoms with Gasteiger partial charge < -0.3 is 9.84 Å². The number of nitro groups is 1. The Hall–Kier alpha value is -2.28. The first kappa shape index (κ1) is 13.7. The first-order valence-electron chi connectivity index (χ1n) is 6.95. The Morgan fingerprint density at radius 3 is 3.05 bits per heavy atom. The molecule has 1 aromatic heterocycles. The van der Waals surface area contributed by atoms with Gasteiger partial charge in [0.15, 0.2) is 0 Å². The van der Waals surface area contributed by atoms with Gasteiger partial charge in [-0.3, -0.25) is 10.1 Å². The number of hydrogen-bond acceptors (Lipinski definition) is 6. The van der Waals surface area contributed by atoms with Crippen molar-refractivity contribution in [2.45, 2.75) is 25.7 Å². The van der Waals surface area contributed by atoms with Gasteiger partial charge in [0.1, 0.15) is 0 Å². The number of piperidine rings is 1. The predicted molar refractivity (Wildman–Crippen MR) is 76.0 cm³/mol. The first-order chi connectivity index (χ1) is 10.1. The number of aromatic nitrogens is 2. The van der Waals surface area contributed by atoms with E-state index in [0.29, 0.717) is 17.3 Å². The number of aryl methyl sites for hydroxylation is 1. The largest absolute Gasteiger partial charge is 0.339 e. The Bertz CT molecular complexity index is 662. The van der Waals surface area contributed by atoms with Crippen LogP contribution < -0.4 is 5.32 Å². The van der Waals surface area contributed by atoms with Crippen LogP contribution in [0.4, 0.5) is 5.69 Å². The van der Waals surface area contributed by atoms with Crippen LogP contribution in [0.2, 0.25) is 0 Å². The number of non-ortho nitro benzene ring substituents is 1. The summed E-state index contributed by atoms with van der Waals surface area (Å²) >= 11 is 0. The summed E-state index contributed by atoms with van der Waals surface area (Å²) in [5.41, 5.74) is 1.55. The zero-order chi connectivity index (χ0) is 14.8. The summed E-state index contributed by atoms with van der Waals surface area (Å²) in [4.78, 5) is 14.9. The fraction of sp³-hybridized carbons (Fsp3) is 0.429. The van der Waals surface area contributed by atoms with E-state index in [9.17, 15) is 10.1 Å². The minimum atomic E-state index is -0.422. The number of rotatable bonds is 3. The van der Waals surface area contributed by atoms with Crippen molar-refractivity contribution in [3.05, 3.63) is 39.8 Å². The van der Waals surface area contributed by atoms with Gasteiger partial charge in [0.05, 0.1) is 10.8 Å². The molecule has 21 heavy (non-hydrogen) atoms. The van der Waals surface area contributed by atoms with Crippen molar-refractivity contribution in [3.63, 3.8) is 0 Å². The second kappa shape index (κ2) is 5.61. The van der Waals surface area contributed by atoms with Gasteiger partial charge in [-0.1, -0.05) is 11.2 Å². The van der Waals surface area contributed by atoms with E-state index in [2.05, 4.69) is 15.5 Å². The third-order valence-electron chi connectivity index (χ3n) is 3.76. The molecule has 1 N–H and O–H groups in total. The predicted octanol–water partition coefficient (Wildman–Crippen LogP) is 2.42. The van der Waals surface area contributed by atoms with Crippen LogP contribution in [0.3, 0.4) is 0 Å². The van der Waals surface area contributed by atoms with Gasteiger partial charge in [0.25, 0.3) is 5.69 Å². The molecule has 3 rings (SSSR count). The highest BCUT2D eigenvalue weighted by molar-refractivity contribution is 5.63. The van der Waals surface area contributed by atoms with E-state index in [4.69, 9.17) is 4.52 Å². The summed E-state index contributed by atoms with van der Waals surface area (Å²) in [7, 11) is 0. The maximum absolute atomic E-state index is 10.9. The Morgan fingerprint density at radius 1 is 1.48 bits per heavy atom. The highest BCUT2D eigenvalue weighted by atomic mass is 16.6. The van der Waals surface area contributed by atoms with Crippen LogP contribution >= 0.6 is 0 Å². The molecule has 0 spiro atoms. The fourth-order valence-corrected chi connectivity index (χ4v) is 2.54. The lowest BCUT2D eigenvalue weighted by molar-refractivity contribution is -0.384. The molecule has 0 radical (unpaired) electrons. The molecule has 2 heterocycles. The molecule has 0 bridgehead atoms. The van der Waals surface area contributed by atoms with E-state index in [-0.39, 0.29) is 11.6 Å². The van der Waals surface area contributed by atoms with Crippen LogP contribution in [0.25, 0.3) is 11.4 Å². The van der Waals surface area contributed by atoms with Crippen molar-refractivity contribution in [3.8, 4) is 11.4 Å². The molecule has 1 aromatic carbocycles. The molecule has 1 aliphatic rings. The van der Waals surface area contributed by atoms with Gasteiger partial charge in [-0.2, -0.15) is 4.98 Å². The molecule has 0 saturated carbocycles. The molecule has 0 amide bonds. The molecule has 7 nitrogen and oxygen atoms in total. The second-order valence-corrected chi connectivity index (χ2v) is 5.26. The van der Waals surface area contributed by atoms with E-state index in [1.54, 1.807) is 6.07 Å². The zero-order valence-corrected chi connectivity index (χ0v) is 11.7. The number of benzene rings is 1. The lowest BCUT2D eigenvalue weighted by atomic mass is 10.00. The molecule has 110 valence electrons. The van der Waals surface area contributed by atoms with E-state index in [1.807, 2.05) is 6.92 Å². The number of nitrogens with zero attached hydrogens (tertiary/aromatic N) is 3. The third-order valence-corrected chi connectivity index (χ3v) is 3.76. The lowest BCUT2D eigenvalue weighted by Crippen LogP contribution is -2.28. The average Bonchev–Trinajstić information content (AvgIpc) is 2.98. The first-order valence-corrected chi connectivity index (χ1v) is 6.95. The molecule has 2 aromatic rings. The Kier molecular flexibility index (Phi) is 3.66. The normalized spacial score (nSPS) is 18.6. The minimum Gasteiger partial charge on any atom is -0.339 e. The van der Waals surface area contributed by atoms with Crippen molar-refractivity contribution >= 4 is 5.69 Å². The maximum Gasteiger partial charge on any atom is 0.270 e. The second-order valence-electron chi connectivity index (χ2n) is 5.26. The van der Waals surface area contributed by atoms with Crippen LogP contribution in [-0.4, -0.2) is 28.2 Å². The number of nitrogens with one attached hydrogen (secondary N) is 1. The van der Waals surface area contributed by atoms with Gasteiger partial charge in [-0.05, 0) is 31.9 Å². The van der Waals surface area contributed by atoms with E-state index in [0.717, 1.165) is 31.5 Å². The molecule has 0 aliphatic carbocycles. The Balaban J connectivity index is 1.92. The van der Waals surface area contributed by atoms with Crippen LogP contribution in [0, 0.1) is 17.0 Å². The molecule has 1 aliphatic heterocycles. The van der Waals surface area contributed by atoms with Crippen LogP contribution in [0.15, 0.2) is 22.7 Å². The van der Waals surface area contributed by atoms with Crippen LogP contribution in [0.1, 0.15) is 30.2 Å². The summed E-state index contributed by atoms with van der Waals surface area (Å²) < 4.78 is 5.34. The highest BCUT2D eigenvalue weighted by Crippen LogP contribution is 2.28. The zero-order valence-electron chi connectivity index (χ0n) is 11.7. The Morgan fingerprint density at radius 2 is 2.33 bits per heavy atom. The molecule has 0 unspecified atom stereocenters. The monoisotopic (exact) mass is 288 g/mol. The standard InChI is InChI=1S/C14H16N4O3/c1-9-4-5-11(18(19)20)7-12(9)13-16-14(21-17-13)10-3-2-6-15-8-10/h4-5,7,10,15H,2-3,6,8H2,1H3/t10-/m0/s1. The highest BCUT2D eigenvalue weighted by Gasteiger charge is 2.22. The summed E-state index contributed by atoms with van der Waals surface area (Å²) in [5, 5.41) is 18.2. The maximum atomic E-state index is 10.9. The fourth-order valence-electron chi connectivity index (χ4n) is 2.54. The van der Waals surface area contributed by atoms with Gasteiger partial charge in [0.2, 0.25) is 11.7 Å². The van der Waals surface area contributed by atoms with Crippen LogP contribution in [0.5, 0.6) is 0 Å². The van der Waals surface area contributed by atoms with Gasteiger partial charge >= 0.3 is 0 Å². The summed E-state index contributed by atoms with van der Waals surface area (Å²) in [6.45, 7) is 3.72. The lowest BCUT2D eigenvalue weighted by Gasteiger charge is -2.18. The van der Waals surface area contributed by atoms with Crippen LogP contribution in [-0.2, 0) is 0 Å². The van der Waals surface area contributed by atoms with Gasteiger partial charge in [-0.25, -0.2) is 0 Å². The molecule has 1 atom stereocenters. The topological polar surface area (TPSA) is 94.1 Å². The van der Waals surface area contributed by atoms with E-state index in [1.165, 1.54) is 12.1 Å². The molecule has 1 fully saturated rings. The summed E-state index contributed by atoms with van der Waals surface area (Å²) in [5.74, 6) is 1.24. The smallest absolute Gasteiger partial charge is 0.270 e. The van der Waals surface area contributed by atoms with Gasteiger partial charge in [-0.15, -0.1) is 0 Å². The summed E-state index contributed by atoms with van der Waals surface area (Å²) in [6.07, 6.45) is 2.10. The van der Waals surface area contributed by atoms with Crippen molar-refractivity contribution in [2.75, 3.05) is 13.1 Å². The molecular formula is C14H16N4O3. The third kappa shape index (κ3) is 2.78. The average molecular weight is 288 g/mol. The van der Waals surface area contributed by atoms with E-state index < -0.39 is 4.92 Å². The molecular weight excluding hydrogens is 272 g/mol. The SMILES string of the molecule is Cc1ccc([N+](=O)[O-])cc1-c1noc([C@H]2CCCNC2)n1. The summed E-state index contributed by atoms with van der Waals surface area (Å²) in [6, 6.07) is 4.67. The Labute approximate surface area is 121 Å². The quantitative estimate of drug-likeness (QED) is 0.688. The minimum absolute atomic E-state index is 0.0290. The van der Waals surface area contributed by atoms with Crippen molar-refractivity contribution < 1.29 is 9.45 Å². The van der Waals surface area contributed by atoms with Crippen molar-refractivity contribution in [1.82, 2.24) is 15.5 Å². The van der Waals surface area contributed by atoms with Crippen molar-refractivity contribution in [2.24, 2.45) is 0 Å². The number of nitro benzene ring substituents is 1. The van der Waals surface area contributed by atoms with E-state index >= 15 is 0 Å². The number of hydrogen-bond donors (Lipinski definition) is 1. The van der Waals surface area contributed by atoms with Crippen molar-refractivity contribution in [1.29, 1.82) is 0 Å².